The van der Waals surface area contributed by atoms with Crippen LogP contribution >= 0.6 is 0 Å². The molecular formula is C20H23NO4S. The van der Waals surface area contributed by atoms with E-state index >= 15 is 0 Å². The first-order valence-corrected chi connectivity index (χ1v) is 9.86. The Labute approximate surface area is 154 Å². The minimum absolute atomic E-state index is 0.0978. The van der Waals surface area contributed by atoms with E-state index in [0.29, 0.717) is 6.54 Å². The van der Waals surface area contributed by atoms with E-state index in [1.54, 1.807) is 18.2 Å². The van der Waals surface area contributed by atoms with Gasteiger partial charge >= 0.3 is 0 Å². The van der Waals surface area contributed by atoms with E-state index in [1.165, 1.54) is 12.1 Å². The molecule has 1 heterocycles. The molecule has 1 aliphatic heterocycles. The van der Waals surface area contributed by atoms with Crippen molar-refractivity contribution >= 4 is 15.8 Å². The second-order valence-corrected chi connectivity index (χ2v) is 8.44. The monoisotopic (exact) mass is 373 g/mol. The summed E-state index contributed by atoms with van der Waals surface area (Å²) >= 11 is 0. The highest BCUT2D eigenvalue weighted by Gasteiger charge is 2.37. The Bertz CT molecular complexity index is 905. The lowest BCUT2D eigenvalue weighted by atomic mass is 9.84. The molecule has 5 nitrogen and oxygen atoms in total. The fraction of sp³-hybridized carbons (Fsp3) is 0.300. The molecule has 1 aliphatic rings. The van der Waals surface area contributed by atoms with Gasteiger partial charge < -0.3 is 10.4 Å². The van der Waals surface area contributed by atoms with Crippen LogP contribution in [0.15, 0.2) is 65.1 Å². The highest BCUT2D eigenvalue weighted by molar-refractivity contribution is 7.86. The van der Waals surface area contributed by atoms with Gasteiger partial charge in [0.1, 0.15) is 0 Å². The van der Waals surface area contributed by atoms with Gasteiger partial charge in [0.15, 0.2) is 0 Å². The van der Waals surface area contributed by atoms with Crippen molar-refractivity contribution in [3.05, 3.63) is 71.3 Å². The Balaban J connectivity index is 1.92. The van der Waals surface area contributed by atoms with Crippen LogP contribution in [0.4, 0.5) is 0 Å². The third kappa shape index (κ3) is 3.67. The lowest BCUT2D eigenvalue weighted by molar-refractivity contribution is 0.172. The van der Waals surface area contributed by atoms with E-state index in [9.17, 15) is 13.5 Å². The van der Waals surface area contributed by atoms with Crippen LogP contribution in [0.1, 0.15) is 18.1 Å². The highest BCUT2D eigenvalue weighted by atomic mass is 32.2. The third-order valence-electron chi connectivity index (χ3n) is 4.77. The van der Waals surface area contributed by atoms with Crippen molar-refractivity contribution < 1.29 is 17.7 Å². The van der Waals surface area contributed by atoms with Crippen LogP contribution in [0.25, 0.3) is 5.70 Å². The average molecular weight is 373 g/mol. The average Bonchev–Trinajstić information content (AvgIpc) is 2.99. The number of aliphatic hydroxyl groups excluding tert-OH is 1. The van der Waals surface area contributed by atoms with Crippen LogP contribution in [-0.4, -0.2) is 33.3 Å². The van der Waals surface area contributed by atoms with Crippen molar-refractivity contribution in [1.82, 2.24) is 5.32 Å². The second-order valence-electron chi connectivity index (χ2n) is 6.82. The maximum Gasteiger partial charge on any atom is 0.297 e. The van der Waals surface area contributed by atoms with Crippen LogP contribution in [0.3, 0.4) is 0 Å². The third-order valence-corrected chi connectivity index (χ3v) is 6.04. The standard InChI is InChI=1S/C20H23NO4S/c1-15-8-10-16(11-9-15)19-18(20(2,14-22)13-21-19)12-25-26(23,24)17-6-4-3-5-7-17/h3-11,21-22H,12-14H2,1-2H3. The van der Waals surface area contributed by atoms with Gasteiger partial charge in [0.05, 0.1) is 18.1 Å². The zero-order valence-corrected chi connectivity index (χ0v) is 15.7. The zero-order chi connectivity index (χ0) is 18.8. The first kappa shape index (κ1) is 18.6. The van der Waals surface area contributed by atoms with Crippen LogP contribution < -0.4 is 5.32 Å². The number of hydrogen-bond donors (Lipinski definition) is 2. The van der Waals surface area contributed by atoms with E-state index in [1.807, 2.05) is 38.1 Å². The van der Waals surface area contributed by atoms with Crippen molar-refractivity contribution in [2.24, 2.45) is 5.41 Å². The number of benzene rings is 2. The molecule has 2 aromatic carbocycles. The van der Waals surface area contributed by atoms with Crippen LogP contribution in [0.2, 0.25) is 0 Å². The van der Waals surface area contributed by atoms with Crippen LogP contribution in [0, 0.1) is 12.3 Å². The number of aliphatic hydroxyl groups is 1. The summed E-state index contributed by atoms with van der Waals surface area (Å²) in [7, 11) is -3.86. The Morgan fingerprint density at radius 3 is 2.38 bits per heavy atom. The lowest BCUT2D eigenvalue weighted by Crippen LogP contribution is -2.30. The first-order chi connectivity index (χ1) is 12.4. The Morgan fingerprint density at radius 1 is 1.12 bits per heavy atom. The van der Waals surface area contributed by atoms with Gasteiger partial charge in [-0.25, -0.2) is 0 Å². The Kier molecular flexibility index (Phi) is 5.18. The topological polar surface area (TPSA) is 75.6 Å². The summed E-state index contributed by atoms with van der Waals surface area (Å²) in [5.41, 5.74) is 3.09. The van der Waals surface area contributed by atoms with E-state index < -0.39 is 15.5 Å². The molecule has 0 bridgehead atoms. The largest absolute Gasteiger partial charge is 0.395 e. The normalized spacial score (nSPS) is 20.3. The molecule has 0 saturated carbocycles. The molecule has 0 saturated heterocycles. The van der Waals surface area contributed by atoms with Gasteiger partial charge in [-0.15, -0.1) is 0 Å². The minimum Gasteiger partial charge on any atom is -0.395 e. The summed E-state index contributed by atoms with van der Waals surface area (Å²) in [6.45, 7) is 4.23. The maximum absolute atomic E-state index is 12.4. The molecule has 26 heavy (non-hydrogen) atoms. The van der Waals surface area contributed by atoms with Gasteiger partial charge in [-0.3, -0.25) is 4.18 Å². The van der Waals surface area contributed by atoms with E-state index in [0.717, 1.165) is 22.4 Å². The van der Waals surface area contributed by atoms with E-state index in [2.05, 4.69) is 5.32 Å². The molecular weight excluding hydrogens is 350 g/mol. The predicted molar refractivity (Wildman–Crippen MR) is 101 cm³/mol. The summed E-state index contributed by atoms with van der Waals surface area (Å²) in [6, 6.07) is 16.0. The number of aryl methyl sites for hydroxylation is 1. The molecule has 1 unspecified atom stereocenters. The van der Waals surface area contributed by atoms with Crippen molar-refractivity contribution in [3.63, 3.8) is 0 Å². The van der Waals surface area contributed by atoms with Crippen molar-refractivity contribution in [3.8, 4) is 0 Å². The van der Waals surface area contributed by atoms with Crippen LogP contribution in [-0.2, 0) is 14.3 Å². The molecule has 2 aromatic rings. The predicted octanol–water partition coefficient (Wildman–Crippen LogP) is 2.71. The van der Waals surface area contributed by atoms with Gasteiger partial charge in [0.25, 0.3) is 10.1 Å². The quantitative estimate of drug-likeness (QED) is 0.762. The summed E-state index contributed by atoms with van der Waals surface area (Å²) in [5, 5.41) is 13.2. The van der Waals surface area contributed by atoms with Gasteiger partial charge in [-0.1, -0.05) is 55.0 Å². The minimum atomic E-state index is -3.86. The van der Waals surface area contributed by atoms with Gasteiger partial charge in [0, 0.05) is 17.7 Å². The number of hydrogen-bond acceptors (Lipinski definition) is 5. The first-order valence-electron chi connectivity index (χ1n) is 8.46. The summed E-state index contributed by atoms with van der Waals surface area (Å²) in [5.74, 6) is 0. The van der Waals surface area contributed by atoms with Crippen molar-refractivity contribution in [1.29, 1.82) is 0 Å². The molecule has 0 aliphatic carbocycles. The van der Waals surface area contributed by atoms with Gasteiger partial charge in [-0.2, -0.15) is 8.42 Å². The molecule has 1 atom stereocenters. The number of nitrogens with one attached hydrogen (secondary N) is 1. The molecule has 0 spiro atoms. The van der Waals surface area contributed by atoms with E-state index in [4.69, 9.17) is 4.18 Å². The fourth-order valence-corrected chi connectivity index (χ4v) is 3.88. The summed E-state index contributed by atoms with van der Waals surface area (Å²) in [6.07, 6.45) is 0. The molecule has 0 amide bonds. The molecule has 0 radical (unpaired) electrons. The molecule has 138 valence electrons. The maximum atomic E-state index is 12.4. The highest BCUT2D eigenvalue weighted by Crippen LogP contribution is 2.37. The molecule has 6 heteroatoms. The summed E-state index contributed by atoms with van der Waals surface area (Å²) < 4.78 is 30.2. The van der Waals surface area contributed by atoms with Gasteiger partial charge in [-0.05, 0) is 30.2 Å². The fourth-order valence-electron chi connectivity index (χ4n) is 2.98. The van der Waals surface area contributed by atoms with Gasteiger partial charge in [0.2, 0.25) is 0 Å². The van der Waals surface area contributed by atoms with Crippen molar-refractivity contribution in [2.45, 2.75) is 18.7 Å². The molecule has 2 N–H and O–H groups in total. The zero-order valence-electron chi connectivity index (χ0n) is 14.9. The Morgan fingerprint density at radius 2 is 1.77 bits per heavy atom. The second kappa shape index (κ2) is 7.23. The number of rotatable bonds is 6. The SMILES string of the molecule is Cc1ccc(C2=C(COS(=O)(=O)c3ccccc3)C(C)(CO)CN2)cc1. The lowest BCUT2D eigenvalue weighted by Gasteiger charge is -2.24. The Hall–Kier alpha value is -2.15. The smallest absolute Gasteiger partial charge is 0.297 e. The molecule has 3 rings (SSSR count). The van der Waals surface area contributed by atoms with E-state index in [-0.39, 0.29) is 18.1 Å². The van der Waals surface area contributed by atoms with Crippen molar-refractivity contribution in [2.75, 3.05) is 19.8 Å². The molecule has 0 fully saturated rings. The van der Waals surface area contributed by atoms with Crippen LogP contribution in [0.5, 0.6) is 0 Å². The summed E-state index contributed by atoms with van der Waals surface area (Å²) in [4.78, 5) is 0.120. The molecule has 0 aromatic heterocycles.